The molecule has 108 valence electrons. The highest BCUT2D eigenvalue weighted by molar-refractivity contribution is 5.85. The van der Waals surface area contributed by atoms with Crippen molar-refractivity contribution in [2.45, 2.75) is 37.6 Å². The van der Waals surface area contributed by atoms with E-state index in [0.717, 1.165) is 24.0 Å². The molecule has 0 amide bonds. The van der Waals surface area contributed by atoms with E-state index in [0.29, 0.717) is 5.54 Å². The zero-order chi connectivity index (χ0) is 12.9. The number of nitrogens with one attached hydrogen (secondary N) is 1. The minimum Gasteiger partial charge on any atom is -0.346 e. The fraction of sp³-hybridized carbons (Fsp3) is 0.533. The Labute approximate surface area is 124 Å². The number of hydrogen-bond acceptors (Lipinski definition) is 2. The van der Waals surface area contributed by atoms with Gasteiger partial charge in [0, 0.05) is 30.2 Å². The lowest BCUT2D eigenvalue weighted by atomic mass is 9.68. The lowest BCUT2D eigenvalue weighted by Crippen LogP contribution is -2.63. The van der Waals surface area contributed by atoms with Gasteiger partial charge in [0.05, 0.1) is 6.20 Å². The topological polar surface area (TPSA) is 31.9 Å². The van der Waals surface area contributed by atoms with E-state index in [1.54, 1.807) is 6.07 Å². The van der Waals surface area contributed by atoms with Crippen LogP contribution < -0.4 is 0 Å². The second kappa shape index (κ2) is 5.01. The molecule has 2 aromatic rings. The van der Waals surface area contributed by atoms with Gasteiger partial charge in [-0.25, -0.2) is 9.37 Å². The number of fused-ring (bicyclic) bond motifs is 1. The molecule has 2 fully saturated rings. The Balaban J connectivity index is 0.00000121. The molecule has 0 bridgehead atoms. The molecule has 1 spiro atoms. The molecule has 1 aliphatic carbocycles. The molecule has 2 aliphatic rings. The number of likely N-dealkylation sites (tertiary alicyclic amines) is 1. The normalized spacial score (nSPS) is 20.4. The summed E-state index contributed by atoms with van der Waals surface area (Å²) in [4.78, 5) is 9.82. The Morgan fingerprint density at radius 3 is 2.85 bits per heavy atom. The third kappa shape index (κ3) is 2.02. The van der Waals surface area contributed by atoms with Gasteiger partial charge < -0.3 is 4.98 Å². The van der Waals surface area contributed by atoms with E-state index in [4.69, 9.17) is 0 Å². The van der Waals surface area contributed by atoms with E-state index in [9.17, 15) is 4.39 Å². The Morgan fingerprint density at radius 2 is 2.20 bits per heavy atom. The van der Waals surface area contributed by atoms with Crippen LogP contribution in [0.15, 0.2) is 18.5 Å². The molecular formula is C15H19ClFN3. The van der Waals surface area contributed by atoms with Gasteiger partial charge in [-0.15, -0.1) is 12.4 Å². The van der Waals surface area contributed by atoms with Crippen LogP contribution in [-0.4, -0.2) is 33.5 Å². The molecule has 0 unspecified atom stereocenters. The fourth-order valence-electron chi connectivity index (χ4n) is 3.58. The average Bonchev–Trinajstić information content (AvgIpc) is 2.69. The van der Waals surface area contributed by atoms with E-state index in [2.05, 4.69) is 14.9 Å². The predicted octanol–water partition coefficient (Wildman–Crippen LogP) is 3.29. The first-order valence-electron chi connectivity index (χ1n) is 7.13. The molecule has 1 saturated heterocycles. The van der Waals surface area contributed by atoms with Crippen LogP contribution in [0.25, 0.3) is 11.0 Å². The van der Waals surface area contributed by atoms with Crippen molar-refractivity contribution in [2.75, 3.05) is 13.1 Å². The van der Waals surface area contributed by atoms with Crippen molar-refractivity contribution in [1.29, 1.82) is 0 Å². The molecule has 0 radical (unpaired) electrons. The summed E-state index contributed by atoms with van der Waals surface area (Å²) < 4.78 is 13.3. The van der Waals surface area contributed by atoms with Crippen molar-refractivity contribution in [3.8, 4) is 0 Å². The van der Waals surface area contributed by atoms with Crippen LogP contribution in [-0.2, 0) is 6.42 Å². The second-order valence-electron chi connectivity index (χ2n) is 5.93. The number of aromatic nitrogens is 2. The molecule has 1 saturated carbocycles. The first-order chi connectivity index (χ1) is 9.27. The first-order valence-corrected chi connectivity index (χ1v) is 7.13. The fourth-order valence-corrected chi connectivity index (χ4v) is 3.58. The molecule has 5 heteroatoms. The number of hydrogen-bond donors (Lipinski definition) is 1. The summed E-state index contributed by atoms with van der Waals surface area (Å²) in [6.07, 6.45) is 9.72. The van der Waals surface area contributed by atoms with Crippen LogP contribution >= 0.6 is 12.4 Å². The number of pyridine rings is 1. The van der Waals surface area contributed by atoms with Crippen LogP contribution in [0.2, 0.25) is 0 Å². The number of aromatic amines is 1. The lowest BCUT2D eigenvalue weighted by Gasteiger charge is -2.59. The molecular weight excluding hydrogens is 277 g/mol. The summed E-state index contributed by atoms with van der Waals surface area (Å²) in [7, 11) is 0. The predicted molar refractivity (Wildman–Crippen MR) is 79.8 cm³/mol. The largest absolute Gasteiger partial charge is 0.346 e. The summed E-state index contributed by atoms with van der Waals surface area (Å²) in [6.45, 7) is 2.32. The lowest BCUT2D eigenvalue weighted by molar-refractivity contribution is -0.0713. The number of rotatable bonds is 3. The summed E-state index contributed by atoms with van der Waals surface area (Å²) in [5.41, 5.74) is 2.53. The van der Waals surface area contributed by atoms with Crippen molar-refractivity contribution in [3.05, 3.63) is 29.8 Å². The van der Waals surface area contributed by atoms with Gasteiger partial charge in [-0.3, -0.25) is 4.90 Å². The van der Waals surface area contributed by atoms with Gasteiger partial charge in [0.2, 0.25) is 0 Å². The van der Waals surface area contributed by atoms with E-state index >= 15 is 0 Å². The number of nitrogens with zero attached hydrogens (tertiary/aromatic N) is 2. The molecule has 1 N–H and O–H groups in total. The average molecular weight is 296 g/mol. The van der Waals surface area contributed by atoms with Gasteiger partial charge in [-0.05, 0) is 43.7 Å². The minimum atomic E-state index is -0.257. The van der Waals surface area contributed by atoms with Gasteiger partial charge in [0.1, 0.15) is 11.5 Å². The van der Waals surface area contributed by atoms with Gasteiger partial charge >= 0.3 is 0 Å². The van der Waals surface area contributed by atoms with Crippen molar-refractivity contribution >= 4 is 23.4 Å². The van der Waals surface area contributed by atoms with Crippen LogP contribution in [0, 0.1) is 5.82 Å². The van der Waals surface area contributed by atoms with E-state index in [1.807, 2.05) is 6.20 Å². The molecule has 3 nitrogen and oxygen atoms in total. The summed E-state index contributed by atoms with van der Waals surface area (Å²) >= 11 is 0. The van der Waals surface area contributed by atoms with E-state index in [-0.39, 0.29) is 18.2 Å². The third-order valence-corrected chi connectivity index (χ3v) is 5.04. The molecule has 4 rings (SSSR count). The van der Waals surface area contributed by atoms with Gasteiger partial charge in [-0.1, -0.05) is 0 Å². The molecule has 1 aliphatic heterocycles. The zero-order valence-corrected chi connectivity index (χ0v) is 12.2. The third-order valence-electron chi connectivity index (χ3n) is 5.04. The van der Waals surface area contributed by atoms with Gasteiger partial charge in [-0.2, -0.15) is 0 Å². The van der Waals surface area contributed by atoms with E-state index in [1.165, 1.54) is 44.0 Å². The van der Waals surface area contributed by atoms with Crippen molar-refractivity contribution in [1.82, 2.24) is 14.9 Å². The minimum absolute atomic E-state index is 0. The van der Waals surface area contributed by atoms with Crippen molar-refractivity contribution in [2.24, 2.45) is 0 Å². The standard InChI is InChI=1S/C15H18FN3.ClH/c16-12-8-13-11(9-17-14(13)18-10-12)2-6-19-7-5-15(19)3-1-4-15;/h8-10H,1-7H2,(H,17,18);1H. The molecule has 3 heterocycles. The number of H-pyrrole nitrogens is 1. The summed E-state index contributed by atoms with van der Waals surface area (Å²) in [6, 6.07) is 1.59. The van der Waals surface area contributed by atoms with Crippen molar-refractivity contribution in [3.63, 3.8) is 0 Å². The van der Waals surface area contributed by atoms with Crippen LogP contribution in [0.5, 0.6) is 0 Å². The Kier molecular flexibility index (Phi) is 3.46. The molecule has 0 aromatic carbocycles. The smallest absolute Gasteiger partial charge is 0.142 e. The van der Waals surface area contributed by atoms with E-state index < -0.39 is 0 Å². The van der Waals surface area contributed by atoms with Crippen molar-refractivity contribution < 1.29 is 4.39 Å². The number of halogens is 2. The highest BCUT2D eigenvalue weighted by Gasteiger charge is 2.48. The second-order valence-corrected chi connectivity index (χ2v) is 5.93. The SMILES string of the molecule is Cl.Fc1cnc2[nH]cc(CCN3CCC34CCC4)c2c1. The van der Waals surface area contributed by atoms with Gasteiger partial charge in [0.25, 0.3) is 0 Å². The van der Waals surface area contributed by atoms with Crippen LogP contribution in [0.1, 0.15) is 31.2 Å². The monoisotopic (exact) mass is 295 g/mol. The van der Waals surface area contributed by atoms with Gasteiger partial charge in [0.15, 0.2) is 0 Å². The maximum absolute atomic E-state index is 13.3. The first kappa shape index (κ1) is 13.8. The Bertz CT molecular complexity index is 615. The van der Waals surface area contributed by atoms with Crippen LogP contribution in [0.3, 0.4) is 0 Å². The highest BCUT2D eigenvalue weighted by Crippen LogP contribution is 2.46. The molecule has 2 aromatic heterocycles. The summed E-state index contributed by atoms with van der Waals surface area (Å²) in [5, 5.41) is 0.934. The molecule has 20 heavy (non-hydrogen) atoms. The quantitative estimate of drug-likeness (QED) is 0.942. The maximum atomic E-state index is 13.3. The van der Waals surface area contributed by atoms with Crippen LogP contribution in [0.4, 0.5) is 4.39 Å². The summed E-state index contributed by atoms with van der Waals surface area (Å²) in [5.74, 6) is -0.257. The maximum Gasteiger partial charge on any atom is 0.142 e. The highest BCUT2D eigenvalue weighted by atomic mass is 35.5. The zero-order valence-electron chi connectivity index (χ0n) is 11.4. The Morgan fingerprint density at radius 1 is 1.35 bits per heavy atom. The Hall–Kier alpha value is -1.13. The molecule has 0 atom stereocenters.